The highest BCUT2D eigenvalue weighted by Gasteiger charge is 2.22. The van der Waals surface area contributed by atoms with Gasteiger partial charge in [0, 0.05) is 38.9 Å². The molecule has 1 aromatic carbocycles. The number of ether oxygens (including phenoxy) is 3. The Morgan fingerprint density at radius 2 is 1.68 bits per heavy atom. The molecular weight excluding hydrogens is 465 g/mol. The van der Waals surface area contributed by atoms with Gasteiger partial charge in [0.1, 0.15) is 11.5 Å². The number of rotatable bonds is 7. The van der Waals surface area contributed by atoms with Crippen LogP contribution in [0.2, 0.25) is 0 Å². The molecule has 1 fully saturated rings. The number of hydrogen-bond donors (Lipinski definition) is 0. The standard InChI is InChI=1S/C21H27N3O4.3ClH/c1-4-23-10-12-24(13-11-23)15-16-6-5-7-17(14-16)28-21(25)19-18(26-2)8-9-22-20(19)27-3;;;/h5-9,14H,4,10-13,15H2,1-3H3;3*1H. The summed E-state index contributed by atoms with van der Waals surface area (Å²) < 4.78 is 16.0. The molecule has 0 bridgehead atoms. The predicted molar refractivity (Wildman–Crippen MR) is 128 cm³/mol. The fourth-order valence-electron chi connectivity index (χ4n) is 3.33. The number of aromatic nitrogens is 1. The summed E-state index contributed by atoms with van der Waals surface area (Å²) in [5.41, 5.74) is 1.29. The van der Waals surface area contributed by atoms with Gasteiger partial charge in [0.2, 0.25) is 5.88 Å². The van der Waals surface area contributed by atoms with Gasteiger partial charge in [-0.2, -0.15) is 0 Å². The predicted octanol–water partition coefficient (Wildman–Crippen LogP) is 3.72. The second kappa shape index (κ2) is 14.3. The lowest BCUT2D eigenvalue weighted by molar-refractivity contribution is 0.0726. The lowest BCUT2D eigenvalue weighted by Gasteiger charge is -2.34. The summed E-state index contributed by atoms with van der Waals surface area (Å²) in [5, 5.41) is 0. The Kier molecular flexibility index (Phi) is 13.5. The smallest absolute Gasteiger partial charge is 0.352 e. The van der Waals surface area contributed by atoms with Gasteiger partial charge in [-0.25, -0.2) is 9.78 Å². The number of piperazine rings is 1. The molecule has 0 saturated carbocycles. The molecule has 0 aliphatic carbocycles. The lowest BCUT2D eigenvalue weighted by Crippen LogP contribution is -2.45. The Bertz CT molecular complexity index is 796. The van der Waals surface area contributed by atoms with Crippen molar-refractivity contribution in [1.82, 2.24) is 14.8 Å². The van der Waals surface area contributed by atoms with E-state index in [1.165, 1.54) is 20.4 Å². The molecule has 0 amide bonds. The first kappa shape index (κ1) is 29.2. The second-order valence-corrected chi connectivity index (χ2v) is 6.64. The zero-order valence-corrected chi connectivity index (χ0v) is 20.4. The van der Waals surface area contributed by atoms with Crippen LogP contribution in [0.1, 0.15) is 22.8 Å². The second-order valence-electron chi connectivity index (χ2n) is 6.64. The number of carbonyl (C=O) groups is 1. The molecule has 1 aromatic heterocycles. The van der Waals surface area contributed by atoms with E-state index in [2.05, 4.69) is 27.8 Å². The summed E-state index contributed by atoms with van der Waals surface area (Å²) in [7, 11) is 2.95. The maximum atomic E-state index is 12.7. The van der Waals surface area contributed by atoms with Crippen LogP contribution in [0.5, 0.6) is 17.4 Å². The molecule has 1 aliphatic rings. The highest BCUT2D eigenvalue weighted by molar-refractivity contribution is 5.96. The molecule has 2 aromatic rings. The van der Waals surface area contributed by atoms with Crippen LogP contribution in [0.4, 0.5) is 0 Å². The number of nitrogens with zero attached hydrogens (tertiary/aromatic N) is 3. The van der Waals surface area contributed by atoms with Crippen molar-refractivity contribution >= 4 is 43.2 Å². The largest absolute Gasteiger partial charge is 0.496 e. The highest BCUT2D eigenvalue weighted by atomic mass is 35.5. The van der Waals surface area contributed by atoms with E-state index < -0.39 is 5.97 Å². The van der Waals surface area contributed by atoms with E-state index in [0.717, 1.165) is 44.8 Å². The van der Waals surface area contributed by atoms with Crippen LogP contribution in [0.15, 0.2) is 36.5 Å². The Hall–Kier alpha value is -1.77. The van der Waals surface area contributed by atoms with Crippen LogP contribution >= 0.6 is 37.2 Å². The molecule has 0 N–H and O–H groups in total. The van der Waals surface area contributed by atoms with Crippen LogP contribution < -0.4 is 14.2 Å². The van der Waals surface area contributed by atoms with Gasteiger partial charge in [0.15, 0.2) is 5.56 Å². The molecule has 10 heteroatoms. The number of hydrogen-bond acceptors (Lipinski definition) is 7. The molecule has 2 heterocycles. The average Bonchev–Trinajstić information content (AvgIpc) is 2.73. The molecule has 174 valence electrons. The van der Waals surface area contributed by atoms with Gasteiger partial charge in [-0.1, -0.05) is 19.1 Å². The monoisotopic (exact) mass is 493 g/mol. The van der Waals surface area contributed by atoms with E-state index in [1.54, 1.807) is 12.1 Å². The van der Waals surface area contributed by atoms with Crippen molar-refractivity contribution in [1.29, 1.82) is 0 Å². The third-order valence-corrected chi connectivity index (χ3v) is 4.92. The van der Waals surface area contributed by atoms with Gasteiger partial charge in [0.25, 0.3) is 0 Å². The number of benzene rings is 1. The molecule has 3 rings (SSSR count). The fraction of sp³-hybridized carbons (Fsp3) is 0.429. The topological polar surface area (TPSA) is 64.1 Å². The summed E-state index contributed by atoms with van der Waals surface area (Å²) in [6.45, 7) is 8.39. The van der Waals surface area contributed by atoms with Gasteiger partial charge >= 0.3 is 5.97 Å². The van der Waals surface area contributed by atoms with E-state index in [-0.39, 0.29) is 48.7 Å². The summed E-state index contributed by atoms with van der Waals surface area (Å²) in [4.78, 5) is 21.6. The molecular formula is C21H30Cl3N3O4. The number of halogens is 3. The Balaban J connectivity index is 0.00000300. The van der Waals surface area contributed by atoms with Crippen molar-refractivity contribution in [3.8, 4) is 17.4 Å². The lowest BCUT2D eigenvalue weighted by atomic mass is 10.2. The first-order valence-corrected chi connectivity index (χ1v) is 9.47. The van der Waals surface area contributed by atoms with Crippen LogP contribution in [-0.2, 0) is 6.54 Å². The van der Waals surface area contributed by atoms with Crippen molar-refractivity contribution in [2.75, 3.05) is 46.9 Å². The van der Waals surface area contributed by atoms with Gasteiger partial charge in [-0.05, 0) is 30.3 Å². The normalized spacial score (nSPS) is 13.8. The van der Waals surface area contributed by atoms with Crippen molar-refractivity contribution in [3.63, 3.8) is 0 Å². The van der Waals surface area contributed by atoms with Gasteiger partial charge in [0.05, 0.1) is 14.2 Å². The fourth-order valence-corrected chi connectivity index (χ4v) is 3.33. The molecule has 7 nitrogen and oxygen atoms in total. The summed E-state index contributed by atoms with van der Waals surface area (Å²) >= 11 is 0. The molecule has 1 aliphatic heterocycles. The Morgan fingerprint density at radius 3 is 2.29 bits per heavy atom. The van der Waals surface area contributed by atoms with Crippen molar-refractivity contribution < 1.29 is 19.0 Å². The van der Waals surface area contributed by atoms with Crippen molar-refractivity contribution in [2.45, 2.75) is 13.5 Å². The molecule has 31 heavy (non-hydrogen) atoms. The van der Waals surface area contributed by atoms with E-state index in [1.807, 2.05) is 12.1 Å². The minimum absolute atomic E-state index is 0. The Morgan fingerprint density at radius 1 is 1.00 bits per heavy atom. The van der Waals surface area contributed by atoms with Crippen LogP contribution in [0.25, 0.3) is 0 Å². The van der Waals surface area contributed by atoms with E-state index >= 15 is 0 Å². The van der Waals surface area contributed by atoms with Crippen LogP contribution in [-0.4, -0.2) is 67.7 Å². The van der Waals surface area contributed by atoms with Crippen molar-refractivity contribution in [3.05, 3.63) is 47.7 Å². The molecule has 0 unspecified atom stereocenters. The first-order valence-electron chi connectivity index (χ1n) is 9.47. The minimum atomic E-state index is -0.560. The van der Waals surface area contributed by atoms with E-state index in [0.29, 0.717) is 11.5 Å². The molecule has 0 atom stereocenters. The van der Waals surface area contributed by atoms with E-state index in [4.69, 9.17) is 14.2 Å². The number of likely N-dealkylation sites (N-methyl/N-ethyl adjacent to an activating group) is 1. The third kappa shape index (κ3) is 7.70. The van der Waals surface area contributed by atoms with Crippen LogP contribution in [0.3, 0.4) is 0 Å². The minimum Gasteiger partial charge on any atom is -0.496 e. The van der Waals surface area contributed by atoms with Crippen molar-refractivity contribution in [2.24, 2.45) is 0 Å². The SMILES string of the molecule is CCN1CCN(Cc2cccc(OC(=O)c3c(OC)ccnc3OC)c2)CC1.Cl.Cl.Cl. The van der Waals surface area contributed by atoms with Gasteiger partial charge in [-0.3, -0.25) is 4.90 Å². The highest BCUT2D eigenvalue weighted by Crippen LogP contribution is 2.27. The summed E-state index contributed by atoms with van der Waals surface area (Å²) in [6.07, 6.45) is 1.52. The van der Waals surface area contributed by atoms with Gasteiger partial charge < -0.3 is 19.1 Å². The zero-order valence-electron chi connectivity index (χ0n) is 17.9. The molecule has 0 spiro atoms. The first-order chi connectivity index (χ1) is 13.6. The number of methoxy groups -OCH3 is 2. The zero-order chi connectivity index (χ0) is 19.9. The van der Waals surface area contributed by atoms with Gasteiger partial charge in [-0.15, -0.1) is 37.2 Å². The quantitative estimate of drug-likeness (QED) is 0.429. The Labute approximate surface area is 202 Å². The number of esters is 1. The number of carbonyl (C=O) groups excluding carboxylic acids is 1. The number of pyridine rings is 1. The molecule has 0 radical (unpaired) electrons. The average molecular weight is 495 g/mol. The van der Waals surface area contributed by atoms with Crippen LogP contribution in [0, 0.1) is 0 Å². The maximum Gasteiger partial charge on any atom is 0.352 e. The summed E-state index contributed by atoms with van der Waals surface area (Å²) in [5.74, 6) is 0.467. The molecule has 1 saturated heterocycles. The third-order valence-electron chi connectivity index (χ3n) is 4.92. The summed E-state index contributed by atoms with van der Waals surface area (Å²) in [6, 6.07) is 9.23. The maximum absolute atomic E-state index is 12.7. The van der Waals surface area contributed by atoms with E-state index in [9.17, 15) is 4.79 Å².